The summed E-state index contributed by atoms with van der Waals surface area (Å²) in [5.41, 5.74) is 5.19. The van der Waals surface area contributed by atoms with Gasteiger partial charge in [0.1, 0.15) is 0 Å². The van der Waals surface area contributed by atoms with E-state index in [4.69, 9.17) is 11.6 Å². The van der Waals surface area contributed by atoms with Gasteiger partial charge in [0.2, 0.25) is 0 Å². The van der Waals surface area contributed by atoms with Gasteiger partial charge in [-0.25, -0.2) is 0 Å². The molecule has 0 N–H and O–H groups in total. The van der Waals surface area contributed by atoms with Crippen molar-refractivity contribution in [1.29, 1.82) is 0 Å². The minimum Gasteiger partial charge on any atom is -0.126 e. The van der Waals surface area contributed by atoms with Gasteiger partial charge < -0.3 is 0 Å². The summed E-state index contributed by atoms with van der Waals surface area (Å²) in [7, 11) is 0. The number of alkyl halides is 1. The number of hydrogen-bond acceptors (Lipinski definition) is 0. The maximum atomic E-state index is 6.02. The molecule has 0 radical (unpaired) electrons. The zero-order chi connectivity index (χ0) is 17.3. The van der Waals surface area contributed by atoms with Gasteiger partial charge in [0.25, 0.3) is 0 Å². The Kier molecular flexibility index (Phi) is 8.12. The Morgan fingerprint density at radius 1 is 1.00 bits per heavy atom. The lowest BCUT2D eigenvalue weighted by Gasteiger charge is -2.27. The molecule has 124 valence electrons. The number of rotatable bonds is 5. The molecule has 2 aromatic carbocycles. The van der Waals surface area contributed by atoms with E-state index in [0.717, 1.165) is 18.4 Å². The Hall–Kier alpha value is -1.53. The summed E-state index contributed by atoms with van der Waals surface area (Å²) >= 11 is 6.02. The van der Waals surface area contributed by atoms with Gasteiger partial charge in [-0.2, -0.15) is 0 Å². The predicted octanol–water partition coefficient (Wildman–Crippen LogP) is 6.61. The average molecular weight is 329 g/mol. The second kappa shape index (κ2) is 9.57. The molecule has 2 aromatic rings. The van der Waals surface area contributed by atoms with E-state index >= 15 is 0 Å². The number of aryl methyl sites for hydroxylation is 2. The Morgan fingerprint density at radius 2 is 1.57 bits per heavy atom. The van der Waals surface area contributed by atoms with Crippen LogP contribution >= 0.6 is 11.6 Å². The van der Waals surface area contributed by atoms with Crippen molar-refractivity contribution < 1.29 is 0 Å². The summed E-state index contributed by atoms with van der Waals surface area (Å²) in [5, 5.41) is 0. The van der Waals surface area contributed by atoms with Crippen LogP contribution in [0, 0.1) is 12.3 Å². The van der Waals surface area contributed by atoms with E-state index in [9.17, 15) is 0 Å². The van der Waals surface area contributed by atoms with Gasteiger partial charge in [0.15, 0.2) is 0 Å². The van der Waals surface area contributed by atoms with Crippen LogP contribution in [0.3, 0.4) is 0 Å². The second-order valence-electron chi connectivity index (χ2n) is 6.48. The van der Waals surface area contributed by atoms with Gasteiger partial charge in [0, 0.05) is 11.3 Å². The van der Waals surface area contributed by atoms with E-state index < -0.39 is 0 Å². The minimum absolute atomic E-state index is 0.0107. The van der Waals surface area contributed by atoms with E-state index in [0.29, 0.717) is 5.88 Å². The molecule has 0 bridgehead atoms. The first kappa shape index (κ1) is 19.5. The highest BCUT2D eigenvalue weighted by atomic mass is 35.5. The molecule has 0 nitrogen and oxygen atoms in total. The normalized spacial score (nSPS) is 12.7. The number of hydrogen-bond donors (Lipinski definition) is 0. The summed E-state index contributed by atoms with van der Waals surface area (Å²) in [6.07, 6.45) is 2.10. The van der Waals surface area contributed by atoms with E-state index in [1.807, 2.05) is 6.07 Å². The van der Waals surface area contributed by atoms with Gasteiger partial charge in [-0.1, -0.05) is 86.2 Å². The monoisotopic (exact) mass is 328 g/mol. The molecular weight excluding hydrogens is 300 g/mol. The van der Waals surface area contributed by atoms with Crippen LogP contribution in [-0.4, -0.2) is 5.88 Å². The van der Waals surface area contributed by atoms with Gasteiger partial charge in [-0.05, 0) is 37.8 Å². The largest absolute Gasteiger partial charge is 0.126 e. The molecular formula is C22H29Cl. The maximum absolute atomic E-state index is 6.02. The quantitative estimate of drug-likeness (QED) is 0.428. The van der Waals surface area contributed by atoms with Crippen LogP contribution < -0.4 is 0 Å². The fourth-order valence-electron chi connectivity index (χ4n) is 2.18. The molecule has 23 heavy (non-hydrogen) atoms. The molecule has 0 aliphatic heterocycles. The fourth-order valence-corrected chi connectivity index (χ4v) is 2.50. The van der Waals surface area contributed by atoms with Crippen LogP contribution in [0.1, 0.15) is 37.5 Å². The summed E-state index contributed by atoms with van der Waals surface area (Å²) in [4.78, 5) is 0. The molecule has 0 amide bonds. The Labute approximate surface area is 147 Å². The molecule has 2 rings (SSSR count). The second-order valence-corrected chi connectivity index (χ2v) is 6.74. The van der Waals surface area contributed by atoms with Crippen LogP contribution in [0.4, 0.5) is 0 Å². The molecule has 0 aromatic heterocycles. The van der Waals surface area contributed by atoms with Crippen molar-refractivity contribution in [1.82, 2.24) is 0 Å². The number of benzene rings is 2. The van der Waals surface area contributed by atoms with E-state index in [1.54, 1.807) is 0 Å². The highest BCUT2D eigenvalue weighted by Gasteiger charge is 2.24. The van der Waals surface area contributed by atoms with Crippen molar-refractivity contribution >= 4 is 11.6 Å². The Balaban J connectivity index is 0.000000277. The lowest BCUT2D eigenvalue weighted by Crippen LogP contribution is -2.22. The number of allylic oxidation sites excluding steroid dienone is 1. The molecule has 0 fully saturated rings. The first-order valence-electron chi connectivity index (χ1n) is 8.22. The molecule has 0 saturated carbocycles. The van der Waals surface area contributed by atoms with E-state index in [-0.39, 0.29) is 5.41 Å². The minimum atomic E-state index is 0.0107. The van der Waals surface area contributed by atoms with Crippen LogP contribution in [0.5, 0.6) is 0 Å². The highest BCUT2D eigenvalue weighted by Crippen LogP contribution is 2.31. The molecule has 1 atom stereocenters. The Morgan fingerprint density at radius 3 is 1.96 bits per heavy atom. The molecule has 1 unspecified atom stereocenters. The van der Waals surface area contributed by atoms with E-state index in [1.165, 1.54) is 16.7 Å². The first-order valence-corrected chi connectivity index (χ1v) is 8.76. The third-order valence-electron chi connectivity index (χ3n) is 4.29. The summed E-state index contributed by atoms with van der Waals surface area (Å²) in [5.74, 6) is 0.621. The van der Waals surface area contributed by atoms with Crippen molar-refractivity contribution in [2.75, 3.05) is 5.88 Å². The zero-order valence-electron chi connectivity index (χ0n) is 14.9. The van der Waals surface area contributed by atoms with Crippen molar-refractivity contribution in [3.05, 3.63) is 83.4 Å². The highest BCUT2D eigenvalue weighted by molar-refractivity contribution is 6.18. The standard InChI is InChI=1S/C14H19Cl.C8H10/c1-11(2)14(4,10-15)9-13-7-5-12(3)6-8-13;1-2-8-6-4-3-5-7-8/h5-8H,1,9-10H2,2-4H3;3-7H,2H2,1H3. The summed E-state index contributed by atoms with van der Waals surface area (Å²) in [6.45, 7) is 12.5. The van der Waals surface area contributed by atoms with Crippen LogP contribution in [0.2, 0.25) is 0 Å². The molecule has 0 aliphatic carbocycles. The van der Waals surface area contributed by atoms with Crippen molar-refractivity contribution in [2.24, 2.45) is 5.41 Å². The third kappa shape index (κ3) is 6.62. The van der Waals surface area contributed by atoms with Crippen LogP contribution in [0.15, 0.2) is 66.7 Å². The lowest BCUT2D eigenvalue weighted by molar-refractivity contribution is 0.452. The zero-order valence-corrected chi connectivity index (χ0v) is 15.7. The summed E-state index contributed by atoms with van der Waals surface area (Å²) in [6, 6.07) is 19.1. The van der Waals surface area contributed by atoms with Gasteiger partial charge in [-0.15, -0.1) is 11.6 Å². The molecule has 0 aliphatic rings. The lowest BCUT2D eigenvalue weighted by atomic mass is 9.80. The van der Waals surface area contributed by atoms with Gasteiger partial charge in [0.05, 0.1) is 0 Å². The van der Waals surface area contributed by atoms with Crippen LogP contribution in [0.25, 0.3) is 0 Å². The average Bonchev–Trinajstić information content (AvgIpc) is 2.58. The Bertz CT molecular complexity index is 583. The van der Waals surface area contributed by atoms with Gasteiger partial charge in [-0.3, -0.25) is 0 Å². The van der Waals surface area contributed by atoms with Crippen molar-refractivity contribution in [2.45, 2.75) is 40.5 Å². The fraction of sp³-hybridized carbons (Fsp3) is 0.364. The summed E-state index contributed by atoms with van der Waals surface area (Å²) < 4.78 is 0. The SMILES string of the molecule is C=C(C)C(C)(CCl)Cc1ccc(C)cc1.CCc1ccccc1. The molecule has 1 heteroatoms. The maximum Gasteiger partial charge on any atom is 0.0317 e. The topological polar surface area (TPSA) is 0 Å². The van der Waals surface area contributed by atoms with E-state index in [2.05, 4.69) is 82.8 Å². The van der Waals surface area contributed by atoms with Crippen molar-refractivity contribution in [3.63, 3.8) is 0 Å². The smallest absolute Gasteiger partial charge is 0.0317 e. The van der Waals surface area contributed by atoms with Crippen LogP contribution in [-0.2, 0) is 12.8 Å². The number of halogens is 1. The van der Waals surface area contributed by atoms with Gasteiger partial charge >= 0.3 is 0 Å². The molecule has 0 spiro atoms. The first-order chi connectivity index (χ1) is 10.9. The molecule has 0 saturated heterocycles. The van der Waals surface area contributed by atoms with Crippen molar-refractivity contribution in [3.8, 4) is 0 Å². The predicted molar refractivity (Wildman–Crippen MR) is 104 cm³/mol. The third-order valence-corrected chi connectivity index (χ3v) is 4.88. The molecule has 0 heterocycles.